The molecule has 0 radical (unpaired) electrons. The molecule has 2 aliphatic carbocycles. The van der Waals surface area contributed by atoms with Crippen molar-refractivity contribution in [2.45, 2.75) is 50.5 Å². The number of amides is 1. The molecule has 3 fully saturated rings. The average molecular weight is 405 g/mol. The van der Waals surface area contributed by atoms with Crippen molar-refractivity contribution in [2.24, 2.45) is 5.41 Å². The van der Waals surface area contributed by atoms with Crippen molar-refractivity contribution in [3.05, 3.63) is 59.2 Å². The molecule has 5 nitrogen and oxygen atoms in total. The molecular formula is C25H27NO4. The second-order valence-electron chi connectivity index (χ2n) is 9.40. The van der Waals surface area contributed by atoms with Gasteiger partial charge in [0.25, 0.3) is 5.91 Å². The van der Waals surface area contributed by atoms with E-state index in [2.05, 4.69) is 24.3 Å². The lowest BCUT2D eigenvalue weighted by atomic mass is 9.88. The molecule has 1 saturated heterocycles. The summed E-state index contributed by atoms with van der Waals surface area (Å²) in [7, 11) is 0. The first kappa shape index (κ1) is 19.3. The average Bonchev–Trinajstić information content (AvgIpc) is 3.66. The fourth-order valence-electron chi connectivity index (χ4n) is 5.11. The van der Waals surface area contributed by atoms with Gasteiger partial charge in [0, 0.05) is 13.1 Å². The van der Waals surface area contributed by atoms with Gasteiger partial charge in [-0.15, -0.1) is 0 Å². The zero-order valence-electron chi connectivity index (χ0n) is 17.2. The van der Waals surface area contributed by atoms with Gasteiger partial charge >= 0.3 is 5.97 Å². The van der Waals surface area contributed by atoms with E-state index in [4.69, 9.17) is 0 Å². The molecule has 30 heavy (non-hydrogen) atoms. The Kier molecular flexibility index (Phi) is 4.30. The normalized spacial score (nSPS) is 23.3. The molecule has 5 rings (SSSR count). The summed E-state index contributed by atoms with van der Waals surface area (Å²) in [4.78, 5) is 25.5. The van der Waals surface area contributed by atoms with Gasteiger partial charge in [-0.2, -0.15) is 0 Å². The highest BCUT2D eigenvalue weighted by Gasteiger charge is 2.57. The van der Waals surface area contributed by atoms with Crippen LogP contribution in [0.3, 0.4) is 0 Å². The Labute approximate surface area is 176 Å². The van der Waals surface area contributed by atoms with Gasteiger partial charge in [-0.3, -0.25) is 4.79 Å². The Balaban J connectivity index is 1.27. The van der Waals surface area contributed by atoms with Crippen LogP contribution in [-0.2, 0) is 4.79 Å². The van der Waals surface area contributed by atoms with Crippen molar-refractivity contribution in [3.63, 3.8) is 0 Å². The van der Waals surface area contributed by atoms with Gasteiger partial charge in [-0.1, -0.05) is 30.3 Å². The molecule has 2 aromatic carbocycles. The number of piperidine rings is 1. The summed E-state index contributed by atoms with van der Waals surface area (Å²) in [5.41, 5.74) is 3.92. The minimum absolute atomic E-state index is 0.0714. The molecule has 0 bridgehead atoms. The Morgan fingerprint density at radius 3 is 2.27 bits per heavy atom. The number of hydrogen-bond acceptors (Lipinski definition) is 3. The number of aromatic carboxylic acids is 1. The Bertz CT molecular complexity index is 1010. The number of aryl methyl sites for hydroxylation is 1. The smallest absolute Gasteiger partial charge is 0.335 e. The van der Waals surface area contributed by atoms with Crippen molar-refractivity contribution >= 4 is 11.9 Å². The predicted molar refractivity (Wildman–Crippen MR) is 113 cm³/mol. The van der Waals surface area contributed by atoms with E-state index in [1.807, 2.05) is 17.9 Å². The van der Waals surface area contributed by atoms with Crippen molar-refractivity contribution in [1.82, 2.24) is 4.90 Å². The van der Waals surface area contributed by atoms with Gasteiger partial charge in [0.05, 0.1) is 5.56 Å². The summed E-state index contributed by atoms with van der Waals surface area (Å²) in [6.45, 7) is 3.49. The van der Waals surface area contributed by atoms with Crippen LogP contribution in [0.15, 0.2) is 42.5 Å². The lowest BCUT2D eigenvalue weighted by molar-refractivity contribution is -0.144. The largest absolute Gasteiger partial charge is 0.478 e. The highest BCUT2D eigenvalue weighted by atomic mass is 16.4. The Hall–Kier alpha value is -2.66. The lowest BCUT2D eigenvalue weighted by Crippen LogP contribution is -2.45. The summed E-state index contributed by atoms with van der Waals surface area (Å²) in [6.07, 6.45) is 4.38. The maximum Gasteiger partial charge on any atom is 0.335 e. The molecular weight excluding hydrogens is 378 g/mol. The molecule has 5 heteroatoms. The summed E-state index contributed by atoms with van der Waals surface area (Å²) < 4.78 is 0. The Morgan fingerprint density at radius 2 is 1.67 bits per heavy atom. The van der Waals surface area contributed by atoms with Crippen molar-refractivity contribution in [1.29, 1.82) is 0 Å². The van der Waals surface area contributed by atoms with E-state index in [1.165, 1.54) is 5.56 Å². The second kappa shape index (κ2) is 6.67. The third-order valence-corrected chi connectivity index (χ3v) is 7.47. The van der Waals surface area contributed by atoms with Gasteiger partial charge in [-0.25, -0.2) is 4.79 Å². The fraction of sp³-hybridized carbons (Fsp3) is 0.440. The molecule has 1 amide bonds. The van der Waals surface area contributed by atoms with Gasteiger partial charge in [0.1, 0.15) is 5.60 Å². The SMILES string of the molecule is Cc1ccc(C(=O)O)cc1-c1ccc(C2CC23CCN(C(=O)C2(O)CC2)CC3)cc1. The molecule has 2 aromatic rings. The number of nitrogens with zero attached hydrogens (tertiary/aromatic N) is 1. The monoisotopic (exact) mass is 405 g/mol. The molecule has 0 aromatic heterocycles. The van der Waals surface area contributed by atoms with E-state index in [0.29, 0.717) is 29.7 Å². The zero-order valence-corrected chi connectivity index (χ0v) is 17.2. The van der Waals surface area contributed by atoms with Crippen molar-refractivity contribution in [2.75, 3.05) is 13.1 Å². The number of benzene rings is 2. The van der Waals surface area contributed by atoms with Crippen LogP contribution in [0.4, 0.5) is 0 Å². The minimum atomic E-state index is -1.06. The molecule has 1 spiro atoms. The predicted octanol–water partition coefficient (Wildman–Crippen LogP) is 3.98. The number of carboxylic acid groups (broad SMARTS) is 1. The van der Waals surface area contributed by atoms with Gasteiger partial charge in [0.15, 0.2) is 0 Å². The van der Waals surface area contributed by atoms with Crippen molar-refractivity contribution in [3.8, 4) is 11.1 Å². The molecule has 2 N–H and O–H groups in total. The van der Waals surface area contributed by atoms with Crippen LogP contribution in [0.2, 0.25) is 0 Å². The van der Waals surface area contributed by atoms with E-state index in [-0.39, 0.29) is 5.91 Å². The lowest BCUT2D eigenvalue weighted by Gasteiger charge is -2.34. The van der Waals surface area contributed by atoms with Gasteiger partial charge < -0.3 is 15.1 Å². The van der Waals surface area contributed by atoms with E-state index < -0.39 is 11.6 Å². The van der Waals surface area contributed by atoms with Crippen LogP contribution in [0, 0.1) is 12.3 Å². The quantitative estimate of drug-likeness (QED) is 0.807. The van der Waals surface area contributed by atoms with E-state index in [0.717, 1.165) is 49.0 Å². The summed E-state index contributed by atoms with van der Waals surface area (Å²) in [5.74, 6) is -0.455. The van der Waals surface area contributed by atoms with Crippen LogP contribution in [0.25, 0.3) is 11.1 Å². The maximum absolute atomic E-state index is 12.4. The van der Waals surface area contributed by atoms with E-state index in [1.54, 1.807) is 12.1 Å². The van der Waals surface area contributed by atoms with Gasteiger partial charge in [-0.05, 0) is 84.7 Å². The highest BCUT2D eigenvalue weighted by molar-refractivity contribution is 5.90. The van der Waals surface area contributed by atoms with Crippen LogP contribution < -0.4 is 0 Å². The standard InChI is InChI=1S/C25H27NO4/c1-16-2-3-19(22(27)28)14-20(16)17-4-6-18(7-5-17)21-15-24(21)10-12-26(13-11-24)23(29)25(30)8-9-25/h2-7,14,21,30H,8-13,15H2,1H3,(H,27,28). The van der Waals surface area contributed by atoms with Crippen LogP contribution >= 0.6 is 0 Å². The number of carbonyl (C=O) groups excluding carboxylic acids is 1. The zero-order chi connectivity index (χ0) is 21.1. The van der Waals surface area contributed by atoms with Crippen LogP contribution in [0.5, 0.6) is 0 Å². The molecule has 1 heterocycles. The first-order chi connectivity index (χ1) is 14.3. The van der Waals surface area contributed by atoms with Crippen LogP contribution in [-0.4, -0.2) is 45.7 Å². The molecule has 2 saturated carbocycles. The highest BCUT2D eigenvalue weighted by Crippen LogP contribution is 2.65. The number of carbonyl (C=O) groups is 2. The number of likely N-dealkylation sites (tertiary alicyclic amines) is 1. The first-order valence-corrected chi connectivity index (χ1v) is 10.8. The number of carboxylic acids is 1. The third-order valence-electron chi connectivity index (χ3n) is 7.47. The van der Waals surface area contributed by atoms with Gasteiger partial charge in [0.2, 0.25) is 0 Å². The minimum Gasteiger partial charge on any atom is -0.478 e. The molecule has 3 aliphatic rings. The summed E-state index contributed by atoms with van der Waals surface area (Å²) >= 11 is 0. The molecule has 1 aliphatic heterocycles. The van der Waals surface area contributed by atoms with Crippen molar-refractivity contribution < 1.29 is 19.8 Å². The maximum atomic E-state index is 12.4. The fourth-order valence-corrected chi connectivity index (χ4v) is 5.11. The molecule has 156 valence electrons. The third kappa shape index (κ3) is 3.21. The summed E-state index contributed by atoms with van der Waals surface area (Å²) in [5, 5.41) is 19.4. The van der Waals surface area contributed by atoms with Crippen LogP contribution in [0.1, 0.15) is 59.5 Å². The molecule has 1 atom stereocenters. The number of aliphatic hydroxyl groups is 1. The van der Waals surface area contributed by atoms with E-state index in [9.17, 15) is 19.8 Å². The topological polar surface area (TPSA) is 77.8 Å². The molecule has 1 unspecified atom stereocenters. The summed E-state index contributed by atoms with van der Waals surface area (Å²) in [6, 6.07) is 13.8. The second-order valence-corrected chi connectivity index (χ2v) is 9.40. The Morgan fingerprint density at radius 1 is 1.00 bits per heavy atom. The number of rotatable bonds is 4. The number of hydrogen-bond donors (Lipinski definition) is 2. The first-order valence-electron chi connectivity index (χ1n) is 10.8. The van der Waals surface area contributed by atoms with E-state index >= 15 is 0 Å².